The van der Waals surface area contributed by atoms with Crippen molar-refractivity contribution in [2.24, 2.45) is 0 Å². The van der Waals surface area contributed by atoms with Crippen LogP contribution in [0.4, 0.5) is 4.39 Å². The van der Waals surface area contributed by atoms with Crippen LogP contribution in [0.1, 0.15) is 23.2 Å². The first kappa shape index (κ1) is 21.2. The van der Waals surface area contributed by atoms with E-state index < -0.39 is 39.7 Å². The van der Waals surface area contributed by atoms with Crippen LogP contribution < -0.4 is 10.6 Å². The van der Waals surface area contributed by atoms with E-state index >= 15 is 0 Å². The number of carbonyl (C=O) groups is 3. The molecule has 3 amide bonds. The van der Waals surface area contributed by atoms with Crippen molar-refractivity contribution in [1.29, 1.82) is 0 Å². The van der Waals surface area contributed by atoms with Gasteiger partial charge in [0.1, 0.15) is 17.9 Å². The van der Waals surface area contributed by atoms with Crippen LogP contribution in [0.2, 0.25) is 0 Å². The molecule has 2 N–H and O–H groups in total. The molecule has 9 nitrogen and oxygen atoms in total. The molecule has 2 atom stereocenters. The molecule has 2 aliphatic rings. The fourth-order valence-electron chi connectivity index (χ4n) is 3.54. The second-order valence-electron chi connectivity index (χ2n) is 7.15. The van der Waals surface area contributed by atoms with E-state index in [1.807, 2.05) is 0 Å². The van der Waals surface area contributed by atoms with Crippen LogP contribution in [0, 0.1) is 5.82 Å². The Hall–Kier alpha value is -2.53. The third-order valence-corrected chi connectivity index (χ3v) is 6.31. The predicted molar refractivity (Wildman–Crippen MR) is 102 cm³/mol. The number of rotatable bonds is 4. The lowest BCUT2D eigenvalue weighted by molar-refractivity contribution is -0.132. The normalized spacial score (nSPS) is 23.4. The van der Waals surface area contributed by atoms with Gasteiger partial charge in [0.05, 0.1) is 6.26 Å². The van der Waals surface area contributed by atoms with Crippen molar-refractivity contribution in [3.63, 3.8) is 0 Å². The molecule has 0 saturated carbocycles. The molecular formula is C18H23FN4O5S. The summed E-state index contributed by atoms with van der Waals surface area (Å²) in [4.78, 5) is 38.8. The number of hydrogen-bond donors (Lipinski definition) is 2. The molecule has 2 saturated heterocycles. The van der Waals surface area contributed by atoms with Crippen molar-refractivity contribution in [2.45, 2.75) is 24.9 Å². The number of halogens is 1. The van der Waals surface area contributed by atoms with E-state index in [1.165, 1.54) is 23.1 Å². The molecule has 0 aromatic heterocycles. The molecule has 0 unspecified atom stereocenters. The van der Waals surface area contributed by atoms with Crippen molar-refractivity contribution in [3.05, 3.63) is 35.6 Å². The highest BCUT2D eigenvalue weighted by atomic mass is 32.2. The van der Waals surface area contributed by atoms with Gasteiger partial charge in [0.2, 0.25) is 21.8 Å². The van der Waals surface area contributed by atoms with Gasteiger partial charge in [-0.3, -0.25) is 14.4 Å². The predicted octanol–water partition coefficient (Wildman–Crippen LogP) is -0.693. The van der Waals surface area contributed by atoms with Gasteiger partial charge in [-0.05, 0) is 31.0 Å². The number of nitrogens with one attached hydrogen (secondary N) is 2. The lowest BCUT2D eigenvalue weighted by atomic mass is 10.1. The highest BCUT2D eigenvalue weighted by Crippen LogP contribution is 2.18. The van der Waals surface area contributed by atoms with Gasteiger partial charge < -0.3 is 15.5 Å². The Morgan fingerprint density at radius 3 is 2.69 bits per heavy atom. The number of benzene rings is 1. The van der Waals surface area contributed by atoms with Crippen molar-refractivity contribution in [3.8, 4) is 0 Å². The average molecular weight is 426 g/mol. The van der Waals surface area contributed by atoms with Crippen LogP contribution in [0.15, 0.2) is 24.3 Å². The van der Waals surface area contributed by atoms with Gasteiger partial charge >= 0.3 is 0 Å². The number of hydrogen-bond acceptors (Lipinski definition) is 5. The monoisotopic (exact) mass is 426 g/mol. The van der Waals surface area contributed by atoms with E-state index in [-0.39, 0.29) is 31.1 Å². The first-order valence-corrected chi connectivity index (χ1v) is 11.1. The molecular weight excluding hydrogens is 403 g/mol. The van der Waals surface area contributed by atoms with E-state index in [9.17, 15) is 27.2 Å². The highest BCUT2D eigenvalue weighted by Gasteiger charge is 2.40. The zero-order valence-corrected chi connectivity index (χ0v) is 16.7. The van der Waals surface area contributed by atoms with Gasteiger partial charge in [-0.2, -0.15) is 4.31 Å². The van der Waals surface area contributed by atoms with Gasteiger partial charge in [-0.15, -0.1) is 0 Å². The minimum atomic E-state index is -3.72. The SMILES string of the molecule is CS(=O)(=O)N1CCN(C(=O)c2cccc(F)c2)C[C@H]1C(=O)N[C@H]1CCCNC1=O. The van der Waals surface area contributed by atoms with Crippen molar-refractivity contribution in [2.75, 3.05) is 32.4 Å². The maximum Gasteiger partial charge on any atom is 0.254 e. The number of sulfonamides is 1. The highest BCUT2D eigenvalue weighted by molar-refractivity contribution is 7.88. The Labute approximate surface area is 168 Å². The largest absolute Gasteiger partial charge is 0.354 e. The summed E-state index contributed by atoms with van der Waals surface area (Å²) < 4.78 is 38.8. The number of piperidine rings is 1. The van der Waals surface area contributed by atoms with Crippen molar-refractivity contribution in [1.82, 2.24) is 19.8 Å². The van der Waals surface area contributed by atoms with Crippen molar-refractivity contribution < 1.29 is 27.2 Å². The molecule has 0 spiro atoms. The maximum absolute atomic E-state index is 13.5. The zero-order chi connectivity index (χ0) is 21.2. The molecule has 158 valence electrons. The van der Waals surface area contributed by atoms with E-state index in [0.717, 1.165) is 16.6 Å². The fraction of sp³-hybridized carbons (Fsp3) is 0.500. The van der Waals surface area contributed by atoms with Gasteiger partial charge in [-0.1, -0.05) is 6.07 Å². The summed E-state index contributed by atoms with van der Waals surface area (Å²) in [6.45, 7) is 0.327. The summed E-state index contributed by atoms with van der Waals surface area (Å²) in [5.74, 6) is -2.03. The Balaban J connectivity index is 1.79. The first-order valence-electron chi connectivity index (χ1n) is 9.26. The summed E-state index contributed by atoms with van der Waals surface area (Å²) in [5, 5.41) is 5.24. The van der Waals surface area contributed by atoms with Gasteiger partial charge in [0.15, 0.2) is 0 Å². The minimum Gasteiger partial charge on any atom is -0.354 e. The van der Waals surface area contributed by atoms with Crippen LogP contribution in [0.5, 0.6) is 0 Å². The Morgan fingerprint density at radius 2 is 2.03 bits per heavy atom. The van der Waals surface area contributed by atoms with E-state index in [2.05, 4.69) is 10.6 Å². The molecule has 11 heteroatoms. The number of nitrogens with zero attached hydrogens (tertiary/aromatic N) is 2. The quantitative estimate of drug-likeness (QED) is 0.661. The number of amides is 3. The molecule has 1 aromatic carbocycles. The molecule has 0 bridgehead atoms. The Kier molecular flexibility index (Phi) is 6.18. The molecule has 29 heavy (non-hydrogen) atoms. The van der Waals surface area contributed by atoms with Gasteiger partial charge in [0.25, 0.3) is 5.91 Å². The number of carbonyl (C=O) groups excluding carboxylic acids is 3. The standard InChI is InChI=1S/C18H23FN4O5S/c1-29(27,28)23-9-8-22(18(26)12-4-2-5-13(19)10-12)11-15(23)17(25)21-14-6-3-7-20-16(14)24/h2,4-5,10,14-15H,3,6-9,11H2,1H3,(H,20,24)(H,21,25)/t14-,15-/m0/s1. The zero-order valence-electron chi connectivity index (χ0n) is 15.9. The average Bonchev–Trinajstić information content (AvgIpc) is 2.68. The van der Waals surface area contributed by atoms with Crippen LogP contribution in [-0.4, -0.2) is 79.9 Å². The lowest BCUT2D eigenvalue weighted by Gasteiger charge is -2.39. The topological polar surface area (TPSA) is 116 Å². The summed E-state index contributed by atoms with van der Waals surface area (Å²) in [5.41, 5.74) is 0.114. The Bertz CT molecular complexity index is 923. The Morgan fingerprint density at radius 1 is 1.28 bits per heavy atom. The summed E-state index contributed by atoms with van der Waals surface area (Å²) >= 11 is 0. The van der Waals surface area contributed by atoms with E-state index in [1.54, 1.807) is 0 Å². The smallest absolute Gasteiger partial charge is 0.254 e. The molecule has 0 radical (unpaired) electrons. The summed E-state index contributed by atoms with van der Waals surface area (Å²) in [6.07, 6.45) is 2.14. The second-order valence-corrected chi connectivity index (χ2v) is 9.08. The lowest BCUT2D eigenvalue weighted by Crippen LogP contribution is -2.63. The van der Waals surface area contributed by atoms with Crippen LogP contribution in [0.3, 0.4) is 0 Å². The van der Waals surface area contributed by atoms with Crippen LogP contribution in [0.25, 0.3) is 0 Å². The summed E-state index contributed by atoms with van der Waals surface area (Å²) in [7, 11) is -3.72. The van der Waals surface area contributed by atoms with Gasteiger partial charge in [-0.25, -0.2) is 12.8 Å². The maximum atomic E-state index is 13.5. The van der Waals surface area contributed by atoms with E-state index in [4.69, 9.17) is 0 Å². The first-order chi connectivity index (χ1) is 13.7. The third-order valence-electron chi connectivity index (χ3n) is 5.02. The van der Waals surface area contributed by atoms with Crippen molar-refractivity contribution >= 4 is 27.7 Å². The second kappa shape index (κ2) is 8.46. The van der Waals surface area contributed by atoms with Crippen LogP contribution >= 0.6 is 0 Å². The van der Waals surface area contributed by atoms with Crippen LogP contribution in [-0.2, 0) is 19.6 Å². The molecule has 2 fully saturated rings. The molecule has 0 aliphatic carbocycles. The summed E-state index contributed by atoms with van der Waals surface area (Å²) in [6, 6.07) is 3.24. The molecule has 1 aromatic rings. The van der Waals surface area contributed by atoms with E-state index in [0.29, 0.717) is 19.4 Å². The minimum absolute atomic E-state index is 0.0656. The van der Waals surface area contributed by atoms with Gasteiger partial charge in [0, 0.05) is 31.7 Å². The molecule has 2 aliphatic heterocycles. The molecule has 2 heterocycles. The number of piperazine rings is 1. The third kappa shape index (κ3) is 4.91. The molecule has 3 rings (SSSR count). The fourth-order valence-corrected chi connectivity index (χ4v) is 4.58.